The molecule has 0 bridgehead atoms. The van der Waals surface area contributed by atoms with Gasteiger partial charge in [-0.1, -0.05) is 12.1 Å². The van der Waals surface area contributed by atoms with Crippen molar-refractivity contribution in [3.8, 4) is 0 Å². The summed E-state index contributed by atoms with van der Waals surface area (Å²) in [7, 11) is 0. The Hall–Kier alpha value is -0.890. The first-order valence-electron chi connectivity index (χ1n) is 5.16. The lowest BCUT2D eigenvalue weighted by Gasteiger charge is -2.09. The van der Waals surface area contributed by atoms with Crippen molar-refractivity contribution in [1.29, 1.82) is 0 Å². The average Bonchev–Trinajstić information content (AvgIpc) is 2.67. The third kappa shape index (κ3) is 1.95. The van der Waals surface area contributed by atoms with Crippen molar-refractivity contribution in [2.24, 2.45) is 5.92 Å². The molecule has 0 spiro atoms. The number of halogens is 1. The maximum Gasteiger partial charge on any atom is 0.123 e. The molecule has 76 valence electrons. The lowest BCUT2D eigenvalue weighted by atomic mass is 9.96. The summed E-state index contributed by atoms with van der Waals surface area (Å²) < 4.78 is 12.7. The van der Waals surface area contributed by atoms with Crippen molar-refractivity contribution in [2.45, 2.75) is 25.2 Å². The van der Waals surface area contributed by atoms with E-state index in [1.807, 2.05) is 12.1 Å². The second-order valence-corrected chi connectivity index (χ2v) is 4.11. The van der Waals surface area contributed by atoms with Crippen LogP contribution < -0.4 is 0 Å². The van der Waals surface area contributed by atoms with Crippen LogP contribution >= 0.6 is 0 Å². The minimum Gasteiger partial charge on any atom is -0.396 e. The molecule has 1 fully saturated rings. The van der Waals surface area contributed by atoms with Gasteiger partial charge >= 0.3 is 0 Å². The van der Waals surface area contributed by atoms with E-state index in [-0.39, 0.29) is 12.4 Å². The van der Waals surface area contributed by atoms with E-state index in [1.54, 1.807) is 0 Å². The predicted molar refractivity (Wildman–Crippen MR) is 53.6 cm³/mol. The zero-order valence-corrected chi connectivity index (χ0v) is 8.12. The van der Waals surface area contributed by atoms with E-state index in [0.717, 1.165) is 19.3 Å². The van der Waals surface area contributed by atoms with E-state index in [9.17, 15) is 4.39 Å². The third-order valence-electron chi connectivity index (χ3n) is 3.14. The molecule has 2 heteroatoms. The van der Waals surface area contributed by atoms with Crippen molar-refractivity contribution in [3.05, 3.63) is 35.6 Å². The standard InChI is InChI=1S/C12H15FO/c13-12-5-3-10(4-6-12)11-2-1-9(7-11)8-14/h3-6,9,11,14H,1-2,7-8H2/t9-,11?/m1/s1. The van der Waals surface area contributed by atoms with Gasteiger partial charge in [-0.2, -0.15) is 0 Å². The number of benzene rings is 1. The summed E-state index contributed by atoms with van der Waals surface area (Å²) in [5.41, 5.74) is 1.21. The smallest absolute Gasteiger partial charge is 0.123 e. The molecule has 1 aliphatic carbocycles. The summed E-state index contributed by atoms with van der Waals surface area (Å²) in [6.07, 6.45) is 3.26. The van der Waals surface area contributed by atoms with Gasteiger partial charge in [-0.05, 0) is 48.8 Å². The molecule has 0 aliphatic heterocycles. The van der Waals surface area contributed by atoms with E-state index in [0.29, 0.717) is 11.8 Å². The predicted octanol–water partition coefficient (Wildman–Crippen LogP) is 2.70. The first kappa shape index (κ1) is 9.66. The fourth-order valence-corrected chi connectivity index (χ4v) is 2.28. The molecule has 0 saturated heterocycles. The van der Waals surface area contributed by atoms with Gasteiger partial charge in [-0.15, -0.1) is 0 Å². The molecule has 1 unspecified atom stereocenters. The first-order chi connectivity index (χ1) is 6.79. The second kappa shape index (κ2) is 4.09. The van der Waals surface area contributed by atoms with Gasteiger partial charge in [0, 0.05) is 6.61 Å². The van der Waals surface area contributed by atoms with Crippen LogP contribution in [0.3, 0.4) is 0 Å². The minimum atomic E-state index is -0.176. The Bertz CT molecular complexity index is 294. The first-order valence-corrected chi connectivity index (χ1v) is 5.16. The molecule has 1 saturated carbocycles. The number of aliphatic hydroxyl groups excluding tert-OH is 1. The summed E-state index contributed by atoms with van der Waals surface area (Å²) >= 11 is 0. The van der Waals surface area contributed by atoms with Crippen LogP contribution in [0.25, 0.3) is 0 Å². The quantitative estimate of drug-likeness (QED) is 0.767. The minimum absolute atomic E-state index is 0.176. The second-order valence-electron chi connectivity index (χ2n) is 4.11. The van der Waals surface area contributed by atoms with Crippen LogP contribution in [0.5, 0.6) is 0 Å². The summed E-state index contributed by atoms with van der Waals surface area (Å²) in [6.45, 7) is 0.289. The summed E-state index contributed by atoms with van der Waals surface area (Å²) in [4.78, 5) is 0. The molecular weight excluding hydrogens is 179 g/mol. The van der Waals surface area contributed by atoms with E-state index in [4.69, 9.17) is 5.11 Å². The molecule has 1 N–H and O–H groups in total. The Morgan fingerprint density at radius 3 is 2.50 bits per heavy atom. The van der Waals surface area contributed by atoms with Crippen molar-refractivity contribution < 1.29 is 9.50 Å². The van der Waals surface area contributed by atoms with Gasteiger partial charge in [0.2, 0.25) is 0 Å². The van der Waals surface area contributed by atoms with Crippen LogP contribution in [0.1, 0.15) is 30.7 Å². The molecule has 1 aromatic carbocycles. The Morgan fingerprint density at radius 2 is 1.93 bits per heavy atom. The highest BCUT2D eigenvalue weighted by Crippen LogP contribution is 2.37. The molecule has 2 atom stereocenters. The van der Waals surface area contributed by atoms with Crippen molar-refractivity contribution in [3.63, 3.8) is 0 Å². The van der Waals surface area contributed by atoms with Crippen molar-refractivity contribution >= 4 is 0 Å². The van der Waals surface area contributed by atoms with Crippen LogP contribution in [0, 0.1) is 11.7 Å². The maximum absolute atomic E-state index is 12.7. The fraction of sp³-hybridized carbons (Fsp3) is 0.500. The van der Waals surface area contributed by atoms with Gasteiger partial charge in [0.05, 0.1) is 0 Å². The Morgan fingerprint density at radius 1 is 1.21 bits per heavy atom. The Labute approximate surface area is 83.6 Å². The van der Waals surface area contributed by atoms with Gasteiger partial charge in [0.15, 0.2) is 0 Å². The van der Waals surface area contributed by atoms with Gasteiger partial charge < -0.3 is 5.11 Å². The number of hydrogen-bond donors (Lipinski definition) is 1. The molecule has 0 radical (unpaired) electrons. The highest BCUT2D eigenvalue weighted by Gasteiger charge is 2.24. The fourth-order valence-electron chi connectivity index (χ4n) is 2.28. The highest BCUT2D eigenvalue weighted by atomic mass is 19.1. The number of aliphatic hydroxyl groups is 1. The lowest BCUT2D eigenvalue weighted by molar-refractivity contribution is 0.229. The molecule has 2 rings (SSSR count). The average molecular weight is 194 g/mol. The topological polar surface area (TPSA) is 20.2 Å². The lowest BCUT2D eigenvalue weighted by Crippen LogP contribution is -2.00. The SMILES string of the molecule is OC[C@@H]1CCC(c2ccc(F)cc2)C1. The number of rotatable bonds is 2. The molecular formula is C12H15FO. The van der Waals surface area contributed by atoms with Gasteiger partial charge in [0.25, 0.3) is 0 Å². The van der Waals surface area contributed by atoms with Crippen LogP contribution in [0.4, 0.5) is 4.39 Å². The molecule has 14 heavy (non-hydrogen) atoms. The van der Waals surface area contributed by atoms with Crippen molar-refractivity contribution in [2.75, 3.05) is 6.61 Å². The third-order valence-corrected chi connectivity index (χ3v) is 3.14. The molecule has 0 amide bonds. The Kier molecular flexibility index (Phi) is 2.82. The number of hydrogen-bond acceptors (Lipinski definition) is 1. The molecule has 0 aromatic heterocycles. The Balaban J connectivity index is 2.06. The zero-order chi connectivity index (χ0) is 9.97. The van der Waals surface area contributed by atoms with Gasteiger partial charge in [-0.3, -0.25) is 0 Å². The van der Waals surface area contributed by atoms with Crippen LogP contribution in [0.2, 0.25) is 0 Å². The summed E-state index contributed by atoms with van der Waals surface area (Å²) in [5.74, 6) is 0.795. The largest absolute Gasteiger partial charge is 0.396 e. The van der Waals surface area contributed by atoms with Gasteiger partial charge in [-0.25, -0.2) is 4.39 Å². The molecule has 1 nitrogen and oxygen atoms in total. The summed E-state index contributed by atoms with van der Waals surface area (Å²) in [5, 5.41) is 9.01. The van der Waals surface area contributed by atoms with Crippen LogP contribution in [0.15, 0.2) is 24.3 Å². The van der Waals surface area contributed by atoms with Crippen LogP contribution in [-0.2, 0) is 0 Å². The normalized spacial score (nSPS) is 26.7. The zero-order valence-electron chi connectivity index (χ0n) is 8.12. The molecule has 1 aliphatic rings. The summed E-state index contributed by atoms with van der Waals surface area (Å²) in [6, 6.07) is 6.75. The van der Waals surface area contributed by atoms with E-state index >= 15 is 0 Å². The van der Waals surface area contributed by atoms with E-state index in [1.165, 1.54) is 17.7 Å². The highest BCUT2D eigenvalue weighted by molar-refractivity contribution is 5.21. The van der Waals surface area contributed by atoms with Crippen molar-refractivity contribution in [1.82, 2.24) is 0 Å². The molecule has 1 aromatic rings. The van der Waals surface area contributed by atoms with E-state index in [2.05, 4.69) is 0 Å². The van der Waals surface area contributed by atoms with E-state index < -0.39 is 0 Å². The van der Waals surface area contributed by atoms with Crippen LogP contribution in [-0.4, -0.2) is 11.7 Å². The maximum atomic E-state index is 12.7. The monoisotopic (exact) mass is 194 g/mol. The van der Waals surface area contributed by atoms with Gasteiger partial charge in [0.1, 0.15) is 5.82 Å². The molecule has 0 heterocycles.